The van der Waals surface area contributed by atoms with Gasteiger partial charge in [-0.3, -0.25) is 4.74 Å². The molecule has 0 spiro atoms. The molecule has 0 aliphatic rings. The van der Waals surface area contributed by atoms with Crippen molar-refractivity contribution >= 4 is 0 Å². The molecule has 0 aromatic rings. The molecule has 0 radical (unpaired) electrons. The minimum atomic E-state index is -5.50. The SMILES string of the molecule is CCCOC(F)(F)OC(F)(F)C(F)(F)OCCC. The number of alkyl halides is 6. The topological polar surface area (TPSA) is 27.7 Å². The maximum absolute atomic E-state index is 12.8. The molecule has 0 aromatic heterocycles. The summed E-state index contributed by atoms with van der Waals surface area (Å²) in [6, 6.07) is 0. The first-order valence-corrected chi connectivity index (χ1v) is 5.19. The van der Waals surface area contributed by atoms with E-state index in [4.69, 9.17) is 0 Å². The molecule has 0 bridgehead atoms. The van der Waals surface area contributed by atoms with Gasteiger partial charge in [-0.2, -0.15) is 17.6 Å². The molecule has 0 saturated carbocycles. The van der Waals surface area contributed by atoms with Gasteiger partial charge in [0, 0.05) is 0 Å². The van der Waals surface area contributed by atoms with Crippen LogP contribution in [0.1, 0.15) is 26.7 Å². The Hall–Kier alpha value is -0.540. The van der Waals surface area contributed by atoms with Gasteiger partial charge in [-0.05, 0) is 12.8 Å². The zero-order chi connectivity index (χ0) is 14.4. The Balaban J connectivity index is 4.60. The molecule has 0 saturated heterocycles. The lowest BCUT2D eigenvalue weighted by atomic mass is 10.5. The van der Waals surface area contributed by atoms with E-state index in [9.17, 15) is 26.3 Å². The Morgan fingerprint density at radius 3 is 1.61 bits per heavy atom. The van der Waals surface area contributed by atoms with Crippen LogP contribution in [-0.4, -0.2) is 31.7 Å². The molecule has 18 heavy (non-hydrogen) atoms. The molecule has 0 amide bonds. The molecule has 110 valence electrons. The fourth-order valence-corrected chi connectivity index (χ4v) is 0.773. The second kappa shape index (κ2) is 6.58. The minimum absolute atomic E-state index is 0.00833. The highest BCUT2D eigenvalue weighted by Crippen LogP contribution is 2.40. The molecular formula is C9H14F6O3. The number of ether oxygens (including phenoxy) is 3. The largest absolute Gasteiger partial charge is 0.490 e. The standard InChI is InChI=1S/C9H14F6O3/c1-3-5-16-7(10,11)8(12,13)18-9(14,15)17-6-4-2/h3-6H2,1-2H3. The lowest BCUT2D eigenvalue weighted by Gasteiger charge is -2.28. The van der Waals surface area contributed by atoms with Crippen LogP contribution in [0, 0.1) is 0 Å². The predicted octanol–water partition coefficient (Wildman–Crippen LogP) is 3.59. The first kappa shape index (κ1) is 17.5. The Kier molecular flexibility index (Phi) is 6.38. The summed E-state index contributed by atoms with van der Waals surface area (Å²) in [6.07, 6.45) is -15.4. The number of hydrogen-bond acceptors (Lipinski definition) is 3. The first-order valence-electron chi connectivity index (χ1n) is 5.19. The second-order valence-corrected chi connectivity index (χ2v) is 3.30. The number of rotatable bonds is 9. The normalized spacial score (nSPS) is 14.0. The van der Waals surface area contributed by atoms with Crippen LogP contribution in [0.2, 0.25) is 0 Å². The molecule has 0 atom stereocenters. The molecular weight excluding hydrogens is 270 g/mol. The number of hydrogen-bond donors (Lipinski definition) is 0. The molecule has 9 heteroatoms. The van der Waals surface area contributed by atoms with E-state index >= 15 is 0 Å². The molecule has 3 nitrogen and oxygen atoms in total. The van der Waals surface area contributed by atoms with Crippen LogP contribution in [0.4, 0.5) is 26.3 Å². The van der Waals surface area contributed by atoms with Gasteiger partial charge in [0.15, 0.2) is 0 Å². The zero-order valence-electron chi connectivity index (χ0n) is 9.82. The molecule has 0 rings (SSSR count). The molecule has 0 heterocycles. The van der Waals surface area contributed by atoms with E-state index < -0.39 is 31.7 Å². The third kappa shape index (κ3) is 5.40. The van der Waals surface area contributed by atoms with Gasteiger partial charge in [-0.1, -0.05) is 13.8 Å². The minimum Gasteiger partial charge on any atom is -0.313 e. The Bertz CT molecular complexity index is 246. The van der Waals surface area contributed by atoms with Crippen LogP contribution >= 0.6 is 0 Å². The van der Waals surface area contributed by atoms with E-state index in [0.717, 1.165) is 0 Å². The molecule has 0 aliphatic heterocycles. The Labute approximate surface area is 100.0 Å². The van der Waals surface area contributed by atoms with Crippen LogP contribution in [0.15, 0.2) is 0 Å². The summed E-state index contributed by atoms with van der Waals surface area (Å²) in [5.74, 6) is 0. The van der Waals surface area contributed by atoms with Gasteiger partial charge in [-0.25, -0.2) is 4.74 Å². The molecule has 0 aliphatic carbocycles. The first-order chi connectivity index (χ1) is 8.08. The smallest absolute Gasteiger partial charge is 0.313 e. The van der Waals surface area contributed by atoms with Crippen LogP contribution < -0.4 is 0 Å². The monoisotopic (exact) mass is 284 g/mol. The van der Waals surface area contributed by atoms with E-state index in [1.165, 1.54) is 13.8 Å². The Morgan fingerprint density at radius 1 is 0.722 bits per heavy atom. The molecule has 0 fully saturated rings. The van der Waals surface area contributed by atoms with Gasteiger partial charge in [0.05, 0.1) is 13.2 Å². The summed E-state index contributed by atoms with van der Waals surface area (Å²) in [5, 5.41) is 0. The third-order valence-corrected chi connectivity index (χ3v) is 1.55. The fourth-order valence-electron chi connectivity index (χ4n) is 0.773. The summed E-state index contributed by atoms with van der Waals surface area (Å²) in [7, 11) is 0. The van der Waals surface area contributed by atoms with Crippen molar-refractivity contribution in [3.05, 3.63) is 0 Å². The second-order valence-electron chi connectivity index (χ2n) is 3.30. The van der Waals surface area contributed by atoms with E-state index in [2.05, 4.69) is 14.2 Å². The fraction of sp³-hybridized carbons (Fsp3) is 1.00. The maximum atomic E-state index is 12.8. The third-order valence-electron chi connectivity index (χ3n) is 1.55. The van der Waals surface area contributed by atoms with E-state index in [1.54, 1.807) is 0 Å². The summed E-state index contributed by atoms with van der Waals surface area (Å²) < 4.78 is 86.2. The van der Waals surface area contributed by atoms with Crippen molar-refractivity contribution in [1.29, 1.82) is 0 Å². The van der Waals surface area contributed by atoms with E-state index in [0.29, 0.717) is 0 Å². The summed E-state index contributed by atoms with van der Waals surface area (Å²) in [6.45, 7) is 1.46. The lowest BCUT2D eigenvalue weighted by molar-refractivity contribution is -0.526. The van der Waals surface area contributed by atoms with Crippen LogP contribution in [0.5, 0.6) is 0 Å². The van der Waals surface area contributed by atoms with Gasteiger partial charge >= 0.3 is 18.5 Å². The zero-order valence-corrected chi connectivity index (χ0v) is 9.82. The van der Waals surface area contributed by atoms with Gasteiger partial charge in [0.25, 0.3) is 0 Å². The average Bonchev–Trinajstić information content (AvgIpc) is 2.22. The molecule has 0 aromatic carbocycles. The maximum Gasteiger partial charge on any atom is 0.490 e. The highest BCUT2D eigenvalue weighted by atomic mass is 19.3. The summed E-state index contributed by atoms with van der Waals surface area (Å²) in [4.78, 5) is 0. The number of halogens is 6. The highest BCUT2D eigenvalue weighted by Gasteiger charge is 2.64. The van der Waals surface area contributed by atoms with Crippen LogP contribution in [0.3, 0.4) is 0 Å². The summed E-state index contributed by atoms with van der Waals surface area (Å²) in [5.41, 5.74) is 0. The average molecular weight is 284 g/mol. The van der Waals surface area contributed by atoms with Crippen molar-refractivity contribution in [2.24, 2.45) is 0 Å². The van der Waals surface area contributed by atoms with Crippen LogP contribution in [0.25, 0.3) is 0 Å². The van der Waals surface area contributed by atoms with Crippen molar-refractivity contribution in [1.82, 2.24) is 0 Å². The van der Waals surface area contributed by atoms with Crippen molar-refractivity contribution < 1.29 is 40.6 Å². The van der Waals surface area contributed by atoms with Crippen LogP contribution in [-0.2, 0) is 14.2 Å². The van der Waals surface area contributed by atoms with Crippen molar-refractivity contribution in [3.8, 4) is 0 Å². The highest BCUT2D eigenvalue weighted by molar-refractivity contribution is 4.67. The van der Waals surface area contributed by atoms with Crippen molar-refractivity contribution in [3.63, 3.8) is 0 Å². The van der Waals surface area contributed by atoms with Gasteiger partial charge in [0.1, 0.15) is 0 Å². The molecule has 0 N–H and O–H groups in total. The van der Waals surface area contributed by atoms with E-state index in [1.807, 2.05) is 0 Å². The van der Waals surface area contributed by atoms with Gasteiger partial charge in [0.2, 0.25) is 0 Å². The van der Waals surface area contributed by atoms with Crippen molar-refractivity contribution in [2.75, 3.05) is 13.2 Å². The van der Waals surface area contributed by atoms with Gasteiger partial charge < -0.3 is 4.74 Å². The van der Waals surface area contributed by atoms with Gasteiger partial charge in [-0.15, -0.1) is 8.78 Å². The predicted molar refractivity (Wildman–Crippen MR) is 48.4 cm³/mol. The van der Waals surface area contributed by atoms with Crippen molar-refractivity contribution in [2.45, 2.75) is 45.2 Å². The molecule has 0 unspecified atom stereocenters. The quantitative estimate of drug-likeness (QED) is 0.478. The van der Waals surface area contributed by atoms with E-state index in [-0.39, 0.29) is 12.8 Å². The lowest BCUT2D eigenvalue weighted by Crippen LogP contribution is -2.49. The Morgan fingerprint density at radius 2 is 1.17 bits per heavy atom. The summed E-state index contributed by atoms with van der Waals surface area (Å²) >= 11 is 0.